The van der Waals surface area contributed by atoms with Crippen molar-refractivity contribution in [3.05, 3.63) is 28.7 Å². The second-order valence-corrected chi connectivity index (χ2v) is 4.66. The van der Waals surface area contributed by atoms with E-state index in [1.807, 2.05) is 30.5 Å². The predicted molar refractivity (Wildman–Crippen MR) is 67.8 cm³/mol. The third-order valence-electron chi connectivity index (χ3n) is 2.15. The third-order valence-corrected chi connectivity index (χ3v) is 3.52. The maximum Gasteiger partial charge on any atom is 0.151 e. The van der Waals surface area contributed by atoms with Crippen LogP contribution in [0.25, 0.3) is 10.9 Å². The van der Waals surface area contributed by atoms with Crippen molar-refractivity contribution < 1.29 is 4.74 Å². The number of fused-ring (bicyclic) bond motifs is 1. The maximum atomic E-state index is 5.30. The standard InChI is InChI=1S/C11H10BrNOS/c1-14-10-6-7-8(12)4-3-5-9(7)13-11(10)15-2/h3-6H,1-2H3. The van der Waals surface area contributed by atoms with Gasteiger partial charge in [0.1, 0.15) is 5.03 Å². The van der Waals surface area contributed by atoms with E-state index in [9.17, 15) is 0 Å². The van der Waals surface area contributed by atoms with Crippen LogP contribution >= 0.6 is 27.7 Å². The summed E-state index contributed by atoms with van der Waals surface area (Å²) in [5.41, 5.74) is 0.981. The number of pyridine rings is 1. The molecule has 1 aromatic heterocycles. The van der Waals surface area contributed by atoms with Crippen LogP contribution in [-0.2, 0) is 0 Å². The van der Waals surface area contributed by atoms with Crippen LogP contribution in [0.4, 0.5) is 0 Å². The molecule has 2 nitrogen and oxygen atoms in total. The van der Waals surface area contributed by atoms with Crippen LogP contribution < -0.4 is 4.74 Å². The Morgan fingerprint density at radius 3 is 2.87 bits per heavy atom. The van der Waals surface area contributed by atoms with Gasteiger partial charge in [0.15, 0.2) is 5.75 Å². The van der Waals surface area contributed by atoms with Crippen molar-refractivity contribution in [1.82, 2.24) is 4.98 Å². The Labute approximate surface area is 101 Å². The number of ether oxygens (including phenoxy) is 1. The molecule has 0 unspecified atom stereocenters. The number of thioether (sulfide) groups is 1. The van der Waals surface area contributed by atoms with Gasteiger partial charge in [0.2, 0.25) is 0 Å². The number of hydrogen-bond donors (Lipinski definition) is 0. The highest BCUT2D eigenvalue weighted by molar-refractivity contribution is 9.10. The van der Waals surface area contributed by atoms with E-state index < -0.39 is 0 Å². The van der Waals surface area contributed by atoms with Crippen LogP contribution in [0.1, 0.15) is 0 Å². The number of methoxy groups -OCH3 is 1. The molecule has 1 aromatic carbocycles. The smallest absolute Gasteiger partial charge is 0.151 e. The lowest BCUT2D eigenvalue weighted by molar-refractivity contribution is 0.402. The summed E-state index contributed by atoms with van der Waals surface area (Å²) in [6, 6.07) is 8.00. The molecular formula is C11H10BrNOS. The third kappa shape index (κ3) is 1.96. The lowest BCUT2D eigenvalue weighted by atomic mass is 10.2. The molecule has 4 heteroatoms. The minimum absolute atomic E-state index is 0.821. The molecule has 0 amide bonds. The molecule has 0 saturated heterocycles. The fourth-order valence-corrected chi connectivity index (χ4v) is 2.42. The molecule has 0 bridgehead atoms. The van der Waals surface area contributed by atoms with Gasteiger partial charge in [-0.15, -0.1) is 11.8 Å². The van der Waals surface area contributed by atoms with Crippen molar-refractivity contribution in [1.29, 1.82) is 0 Å². The molecule has 0 N–H and O–H groups in total. The van der Waals surface area contributed by atoms with Crippen LogP contribution in [0.5, 0.6) is 5.75 Å². The van der Waals surface area contributed by atoms with Crippen LogP contribution in [0.2, 0.25) is 0 Å². The molecule has 0 spiro atoms. The minimum Gasteiger partial charge on any atom is -0.494 e. The van der Waals surface area contributed by atoms with E-state index in [1.54, 1.807) is 18.9 Å². The minimum atomic E-state index is 0.821. The number of aromatic nitrogens is 1. The number of rotatable bonds is 2. The second kappa shape index (κ2) is 4.41. The first kappa shape index (κ1) is 10.8. The van der Waals surface area contributed by atoms with Crippen LogP contribution in [0, 0.1) is 0 Å². The normalized spacial score (nSPS) is 10.6. The van der Waals surface area contributed by atoms with Crippen molar-refractivity contribution in [2.24, 2.45) is 0 Å². The van der Waals surface area contributed by atoms with Crippen molar-refractivity contribution >= 4 is 38.6 Å². The first-order chi connectivity index (χ1) is 7.26. The van der Waals surface area contributed by atoms with E-state index in [2.05, 4.69) is 20.9 Å². The molecule has 78 valence electrons. The molecule has 1 heterocycles. The molecular weight excluding hydrogens is 274 g/mol. The van der Waals surface area contributed by atoms with Gasteiger partial charge in [-0.05, 0) is 24.5 Å². The number of benzene rings is 1. The Balaban J connectivity index is 2.75. The lowest BCUT2D eigenvalue weighted by Gasteiger charge is -2.07. The Bertz CT molecular complexity index is 501. The summed E-state index contributed by atoms with van der Waals surface area (Å²) in [7, 11) is 1.67. The summed E-state index contributed by atoms with van der Waals surface area (Å²) >= 11 is 5.09. The highest BCUT2D eigenvalue weighted by Gasteiger charge is 2.07. The second-order valence-electron chi connectivity index (χ2n) is 3.01. The zero-order valence-electron chi connectivity index (χ0n) is 8.45. The Morgan fingerprint density at radius 2 is 2.20 bits per heavy atom. The summed E-state index contributed by atoms with van der Waals surface area (Å²) in [6.45, 7) is 0. The van der Waals surface area contributed by atoms with Gasteiger partial charge in [0, 0.05) is 9.86 Å². The van der Waals surface area contributed by atoms with Crippen LogP contribution in [0.3, 0.4) is 0 Å². The van der Waals surface area contributed by atoms with Gasteiger partial charge >= 0.3 is 0 Å². The number of hydrogen-bond acceptors (Lipinski definition) is 3. The number of halogens is 1. The SMILES string of the molecule is COc1cc2c(Br)cccc2nc1SC. The molecule has 0 aliphatic rings. The van der Waals surface area contributed by atoms with E-state index in [1.165, 1.54) is 0 Å². The molecule has 2 aromatic rings. The van der Waals surface area contributed by atoms with Gasteiger partial charge in [0.25, 0.3) is 0 Å². The zero-order chi connectivity index (χ0) is 10.8. The Morgan fingerprint density at radius 1 is 1.40 bits per heavy atom. The van der Waals surface area contributed by atoms with Gasteiger partial charge in [-0.1, -0.05) is 22.0 Å². The highest BCUT2D eigenvalue weighted by atomic mass is 79.9. The predicted octanol–water partition coefficient (Wildman–Crippen LogP) is 3.73. The lowest BCUT2D eigenvalue weighted by Crippen LogP contribution is -1.90. The summed E-state index contributed by atoms with van der Waals surface area (Å²) in [5, 5.41) is 2.00. The van der Waals surface area contributed by atoms with Gasteiger partial charge in [0.05, 0.1) is 12.6 Å². The monoisotopic (exact) mass is 283 g/mol. The van der Waals surface area contributed by atoms with E-state index in [-0.39, 0.29) is 0 Å². The highest BCUT2D eigenvalue weighted by Crippen LogP contribution is 2.32. The Hall–Kier alpha value is -0.740. The van der Waals surface area contributed by atoms with Crippen molar-refractivity contribution in [2.75, 3.05) is 13.4 Å². The molecule has 15 heavy (non-hydrogen) atoms. The van der Waals surface area contributed by atoms with E-state index in [0.29, 0.717) is 0 Å². The molecule has 0 fully saturated rings. The molecule has 0 atom stereocenters. The largest absolute Gasteiger partial charge is 0.494 e. The quantitative estimate of drug-likeness (QED) is 0.784. The summed E-state index contributed by atoms with van der Waals surface area (Å²) in [4.78, 5) is 4.53. The first-order valence-electron chi connectivity index (χ1n) is 4.43. The average Bonchev–Trinajstić information content (AvgIpc) is 2.28. The van der Waals surface area contributed by atoms with E-state index in [4.69, 9.17) is 4.74 Å². The molecule has 0 aliphatic carbocycles. The molecule has 0 saturated carbocycles. The van der Waals surface area contributed by atoms with Crippen molar-refractivity contribution in [3.8, 4) is 5.75 Å². The Kier molecular flexibility index (Phi) is 3.17. The zero-order valence-corrected chi connectivity index (χ0v) is 10.9. The fraction of sp³-hybridized carbons (Fsp3) is 0.182. The molecule has 0 aliphatic heterocycles. The first-order valence-corrected chi connectivity index (χ1v) is 6.45. The maximum absolute atomic E-state index is 5.30. The fourth-order valence-electron chi connectivity index (χ4n) is 1.42. The van der Waals surface area contributed by atoms with Crippen molar-refractivity contribution in [3.63, 3.8) is 0 Å². The molecule has 0 radical (unpaired) electrons. The topological polar surface area (TPSA) is 22.1 Å². The summed E-state index contributed by atoms with van der Waals surface area (Å²) < 4.78 is 6.34. The van der Waals surface area contributed by atoms with Crippen LogP contribution in [0.15, 0.2) is 33.8 Å². The van der Waals surface area contributed by atoms with Gasteiger partial charge in [-0.2, -0.15) is 0 Å². The summed E-state index contributed by atoms with van der Waals surface area (Å²) in [6.07, 6.45) is 1.99. The van der Waals surface area contributed by atoms with Gasteiger partial charge < -0.3 is 4.74 Å². The average molecular weight is 284 g/mol. The van der Waals surface area contributed by atoms with E-state index in [0.717, 1.165) is 26.2 Å². The van der Waals surface area contributed by atoms with Gasteiger partial charge in [-0.3, -0.25) is 0 Å². The number of nitrogens with zero attached hydrogens (tertiary/aromatic N) is 1. The van der Waals surface area contributed by atoms with Crippen LogP contribution in [-0.4, -0.2) is 18.3 Å². The summed E-state index contributed by atoms with van der Waals surface area (Å²) in [5.74, 6) is 0.821. The van der Waals surface area contributed by atoms with E-state index >= 15 is 0 Å². The molecule has 2 rings (SSSR count). The van der Waals surface area contributed by atoms with Gasteiger partial charge in [-0.25, -0.2) is 4.98 Å². The van der Waals surface area contributed by atoms with Crippen molar-refractivity contribution in [2.45, 2.75) is 5.03 Å².